The van der Waals surface area contributed by atoms with Crippen molar-refractivity contribution in [2.24, 2.45) is 0 Å². The SMILES string of the molecule is CC(O)c1ccccc1N1CCN(CC2COc3ccccc3O2)CC1. The van der Waals surface area contributed by atoms with Crippen LogP contribution in [0.5, 0.6) is 11.5 Å². The third-order valence-corrected chi connectivity index (χ3v) is 5.13. The number of aliphatic hydroxyl groups is 1. The first-order valence-electron chi connectivity index (χ1n) is 9.33. The molecule has 2 aromatic rings. The second kappa shape index (κ2) is 7.56. The summed E-state index contributed by atoms with van der Waals surface area (Å²) in [5.74, 6) is 1.68. The van der Waals surface area contributed by atoms with Gasteiger partial charge in [-0.3, -0.25) is 4.90 Å². The van der Waals surface area contributed by atoms with Gasteiger partial charge in [0.15, 0.2) is 11.5 Å². The number of hydrogen-bond donors (Lipinski definition) is 1. The van der Waals surface area contributed by atoms with Crippen LogP contribution in [0.3, 0.4) is 0 Å². The van der Waals surface area contributed by atoms with E-state index in [1.165, 1.54) is 0 Å². The molecule has 1 N–H and O–H groups in total. The van der Waals surface area contributed by atoms with Crippen molar-refractivity contribution in [3.63, 3.8) is 0 Å². The summed E-state index contributed by atoms with van der Waals surface area (Å²) in [6.07, 6.45) is -0.377. The average Bonchev–Trinajstić information content (AvgIpc) is 2.68. The Morgan fingerprint density at radius 3 is 2.46 bits per heavy atom. The highest BCUT2D eigenvalue weighted by atomic mass is 16.6. The molecule has 2 unspecified atom stereocenters. The molecule has 2 aliphatic heterocycles. The summed E-state index contributed by atoms with van der Waals surface area (Å²) in [4.78, 5) is 4.80. The lowest BCUT2D eigenvalue weighted by Gasteiger charge is -2.39. The van der Waals surface area contributed by atoms with Crippen LogP contribution < -0.4 is 14.4 Å². The zero-order chi connectivity index (χ0) is 17.9. The number of piperazine rings is 1. The Morgan fingerprint density at radius 1 is 1.00 bits per heavy atom. The molecule has 0 aliphatic carbocycles. The predicted molar refractivity (Wildman–Crippen MR) is 102 cm³/mol. The van der Waals surface area contributed by atoms with Crippen LogP contribution in [-0.4, -0.2) is 55.4 Å². The number of benzene rings is 2. The number of nitrogens with zero attached hydrogens (tertiary/aromatic N) is 2. The molecule has 0 saturated carbocycles. The van der Waals surface area contributed by atoms with Gasteiger partial charge in [-0.05, 0) is 25.1 Å². The summed E-state index contributed by atoms with van der Waals surface area (Å²) in [6.45, 7) is 7.17. The highest BCUT2D eigenvalue weighted by Crippen LogP contribution is 2.31. The van der Waals surface area contributed by atoms with Crippen molar-refractivity contribution < 1.29 is 14.6 Å². The number of rotatable bonds is 4. The first-order valence-corrected chi connectivity index (χ1v) is 9.33. The lowest BCUT2D eigenvalue weighted by atomic mass is 10.1. The largest absolute Gasteiger partial charge is 0.486 e. The van der Waals surface area contributed by atoms with E-state index in [4.69, 9.17) is 9.47 Å². The first kappa shape index (κ1) is 17.2. The first-order chi connectivity index (χ1) is 12.7. The van der Waals surface area contributed by atoms with E-state index in [-0.39, 0.29) is 6.10 Å². The molecule has 1 saturated heterocycles. The molecule has 0 bridgehead atoms. The van der Waals surface area contributed by atoms with Crippen LogP contribution in [0.25, 0.3) is 0 Å². The van der Waals surface area contributed by atoms with Gasteiger partial charge in [0, 0.05) is 44.0 Å². The molecule has 5 nitrogen and oxygen atoms in total. The number of aliphatic hydroxyl groups excluding tert-OH is 1. The van der Waals surface area contributed by atoms with Gasteiger partial charge in [-0.1, -0.05) is 30.3 Å². The van der Waals surface area contributed by atoms with Gasteiger partial charge >= 0.3 is 0 Å². The Morgan fingerprint density at radius 2 is 1.69 bits per heavy atom. The van der Waals surface area contributed by atoms with Crippen LogP contribution in [0, 0.1) is 0 Å². The maximum atomic E-state index is 10.0. The lowest BCUT2D eigenvalue weighted by molar-refractivity contribution is 0.0571. The molecular formula is C21H26N2O3. The maximum Gasteiger partial charge on any atom is 0.161 e. The Hall–Kier alpha value is -2.24. The van der Waals surface area contributed by atoms with Gasteiger partial charge in [-0.25, -0.2) is 0 Å². The van der Waals surface area contributed by atoms with Crippen LogP contribution in [0.4, 0.5) is 5.69 Å². The minimum absolute atomic E-state index is 0.0706. The van der Waals surface area contributed by atoms with Crippen LogP contribution in [0.15, 0.2) is 48.5 Å². The third-order valence-electron chi connectivity index (χ3n) is 5.13. The zero-order valence-corrected chi connectivity index (χ0v) is 15.2. The Balaban J connectivity index is 1.34. The van der Waals surface area contributed by atoms with E-state index in [0.717, 1.165) is 55.5 Å². The molecule has 2 heterocycles. The minimum atomic E-state index is -0.447. The molecule has 2 aromatic carbocycles. The van der Waals surface area contributed by atoms with Crippen molar-refractivity contribution >= 4 is 5.69 Å². The van der Waals surface area contributed by atoms with Gasteiger partial charge in [0.25, 0.3) is 0 Å². The van der Waals surface area contributed by atoms with E-state index in [9.17, 15) is 5.11 Å². The maximum absolute atomic E-state index is 10.0. The Kier molecular flexibility index (Phi) is 5.00. The molecule has 4 rings (SSSR count). The van der Waals surface area contributed by atoms with Crippen molar-refractivity contribution in [1.82, 2.24) is 4.90 Å². The number of anilines is 1. The average molecular weight is 354 g/mol. The van der Waals surface area contributed by atoms with E-state index in [1.807, 2.05) is 49.4 Å². The lowest BCUT2D eigenvalue weighted by Crippen LogP contribution is -2.51. The molecule has 0 radical (unpaired) electrons. The van der Waals surface area contributed by atoms with Gasteiger partial charge in [-0.2, -0.15) is 0 Å². The van der Waals surface area contributed by atoms with Gasteiger partial charge in [0.1, 0.15) is 12.7 Å². The van der Waals surface area contributed by atoms with E-state index < -0.39 is 6.10 Å². The molecule has 5 heteroatoms. The van der Waals surface area contributed by atoms with Crippen LogP contribution >= 0.6 is 0 Å². The molecule has 26 heavy (non-hydrogen) atoms. The fourth-order valence-electron chi connectivity index (χ4n) is 3.74. The molecule has 2 aliphatic rings. The minimum Gasteiger partial charge on any atom is -0.486 e. The summed E-state index contributed by atoms with van der Waals surface area (Å²) < 4.78 is 11.9. The Bertz CT molecular complexity index is 742. The number of para-hydroxylation sites is 3. The molecular weight excluding hydrogens is 328 g/mol. The van der Waals surface area contributed by atoms with Crippen LogP contribution in [0.1, 0.15) is 18.6 Å². The summed E-state index contributed by atoms with van der Waals surface area (Å²) >= 11 is 0. The number of fused-ring (bicyclic) bond motifs is 1. The van der Waals surface area contributed by atoms with Crippen molar-refractivity contribution in [3.05, 3.63) is 54.1 Å². The predicted octanol–water partition coefficient (Wildman–Crippen LogP) is 2.70. The van der Waals surface area contributed by atoms with E-state index >= 15 is 0 Å². The highest BCUT2D eigenvalue weighted by molar-refractivity contribution is 5.55. The van der Waals surface area contributed by atoms with E-state index in [1.54, 1.807) is 0 Å². The molecule has 2 atom stereocenters. The number of hydrogen-bond acceptors (Lipinski definition) is 5. The smallest absolute Gasteiger partial charge is 0.161 e. The fourth-order valence-corrected chi connectivity index (χ4v) is 3.74. The summed E-state index contributed by atoms with van der Waals surface area (Å²) in [5.41, 5.74) is 2.15. The standard InChI is InChI=1S/C21H26N2O3/c1-16(24)18-6-2-3-7-19(18)23-12-10-22(11-13-23)14-17-15-25-20-8-4-5-9-21(20)26-17/h2-9,16-17,24H,10-15H2,1H3. The van der Waals surface area contributed by atoms with E-state index in [0.29, 0.717) is 6.61 Å². The van der Waals surface area contributed by atoms with Gasteiger partial charge in [0.2, 0.25) is 0 Å². The topological polar surface area (TPSA) is 45.2 Å². The molecule has 0 spiro atoms. The van der Waals surface area contributed by atoms with Crippen LogP contribution in [-0.2, 0) is 0 Å². The molecule has 138 valence electrons. The summed E-state index contributed by atoms with van der Waals surface area (Å²) in [5, 5.41) is 10.0. The second-order valence-corrected chi connectivity index (χ2v) is 7.02. The monoisotopic (exact) mass is 354 g/mol. The number of ether oxygens (including phenoxy) is 2. The van der Waals surface area contributed by atoms with E-state index in [2.05, 4.69) is 15.9 Å². The van der Waals surface area contributed by atoms with Gasteiger partial charge in [-0.15, -0.1) is 0 Å². The molecule has 0 amide bonds. The van der Waals surface area contributed by atoms with Crippen LogP contribution in [0.2, 0.25) is 0 Å². The van der Waals surface area contributed by atoms with Gasteiger partial charge in [0.05, 0.1) is 6.10 Å². The highest BCUT2D eigenvalue weighted by Gasteiger charge is 2.26. The normalized spacial score (nSPS) is 21.5. The van der Waals surface area contributed by atoms with Gasteiger partial charge < -0.3 is 19.5 Å². The second-order valence-electron chi connectivity index (χ2n) is 7.02. The quantitative estimate of drug-likeness (QED) is 0.915. The Labute approximate surface area is 154 Å². The fraction of sp³-hybridized carbons (Fsp3) is 0.429. The summed E-state index contributed by atoms with van der Waals surface area (Å²) in [6, 6.07) is 16.0. The summed E-state index contributed by atoms with van der Waals surface area (Å²) in [7, 11) is 0. The molecule has 0 aromatic heterocycles. The van der Waals surface area contributed by atoms with Crippen molar-refractivity contribution in [3.8, 4) is 11.5 Å². The van der Waals surface area contributed by atoms with Crippen molar-refractivity contribution in [2.45, 2.75) is 19.1 Å². The molecule has 1 fully saturated rings. The van der Waals surface area contributed by atoms with Crippen molar-refractivity contribution in [1.29, 1.82) is 0 Å². The third kappa shape index (κ3) is 3.64. The zero-order valence-electron chi connectivity index (χ0n) is 15.2. The van der Waals surface area contributed by atoms with Crippen molar-refractivity contribution in [2.75, 3.05) is 44.2 Å².